The average Bonchev–Trinajstić information content (AvgIpc) is 2.67. The molecule has 10 atom stereocenters. The third-order valence-corrected chi connectivity index (χ3v) is 5.70. The van der Waals surface area contributed by atoms with Gasteiger partial charge in [-0.3, -0.25) is 9.05 Å². The molecular formula is C12H26O18P2. The SMILES string of the molecule is O=P(O)(O)OC1C(O)C(O)C(O)C(O)C1O.O=P(O)(O)O[C@@H]1[C@@H](O)[C@H](O)[C@@H](O)[C@H](O)[C@@H]1O. The van der Waals surface area contributed by atoms with Crippen molar-refractivity contribution in [1.29, 1.82) is 0 Å². The van der Waals surface area contributed by atoms with Crippen LogP contribution in [0.25, 0.3) is 0 Å². The molecule has 0 heterocycles. The third kappa shape index (κ3) is 7.41. The second kappa shape index (κ2) is 11.0. The summed E-state index contributed by atoms with van der Waals surface area (Å²) in [4.78, 5) is 33.9. The lowest BCUT2D eigenvalue weighted by Gasteiger charge is -2.41. The summed E-state index contributed by atoms with van der Waals surface area (Å²) < 4.78 is 29.1. The van der Waals surface area contributed by atoms with Crippen LogP contribution in [0, 0.1) is 0 Å². The molecule has 0 saturated heterocycles. The Hall–Kier alpha value is -0.180. The number of aliphatic hydroxyl groups is 10. The van der Waals surface area contributed by atoms with E-state index in [9.17, 15) is 50.0 Å². The first-order chi connectivity index (χ1) is 14.3. The maximum atomic E-state index is 10.5. The predicted molar refractivity (Wildman–Crippen MR) is 93.9 cm³/mol. The molecule has 32 heavy (non-hydrogen) atoms. The van der Waals surface area contributed by atoms with Gasteiger partial charge in [-0.05, 0) is 0 Å². The molecule has 0 bridgehead atoms. The third-order valence-electron chi connectivity index (χ3n) is 4.66. The Kier molecular flexibility index (Phi) is 10.3. The molecule has 0 amide bonds. The molecule has 2 fully saturated rings. The molecule has 0 radical (unpaired) electrons. The van der Waals surface area contributed by atoms with Crippen molar-refractivity contribution in [3.63, 3.8) is 0 Å². The fourth-order valence-electron chi connectivity index (χ4n) is 2.96. The Morgan fingerprint density at radius 2 is 0.531 bits per heavy atom. The summed E-state index contributed by atoms with van der Waals surface area (Å²) in [6, 6.07) is 0. The van der Waals surface area contributed by atoms with Crippen molar-refractivity contribution in [3.8, 4) is 0 Å². The molecule has 18 nitrogen and oxygen atoms in total. The van der Waals surface area contributed by atoms with E-state index in [-0.39, 0.29) is 0 Å². The quantitative estimate of drug-likeness (QED) is 0.153. The minimum Gasteiger partial charge on any atom is -0.387 e. The molecule has 0 spiro atoms. The van der Waals surface area contributed by atoms with E-state index < -0.39 is 88.9 Å². The van der Waals surface area contributed by atoms with E-state index in [0.717, 1.165) is 0 Å². The van der Waals surface area contributed by atoms with E-state index in [1.807, 2.05) is 0 Å². The highest BCUT2D eigenvalue weighted by molar-refractivity contribution is 7.46. The van der Waals surface area contributed by atoms with Gasteiger partial charge in [0.2, 0.25) is 0 Å². The zero-order chi connectivity index (χ0) is 25.3. The second-order valence-corrected chi connectivity index (χ2v) is 9.41. The molecule has 2 rings (SSSR count). The molecule has 2 aliphatic rings. The first-order valence-corrected chi connectivity index (χ1v) is 11.6. The highest BCUT2D eigenvalue weighted by atomic mass is 31.2. The van der Waals surface area contributed by atoms with Gasteiger partial charge in [-0.2, -0.15) is 0 Å². The zero-order valence-corrected chi connectivity index (χ0v) is 17.5. The van der Waals surface area contributed by atoms with Crippen LogP contribution in [0.4, 0.5) is 0 Å². The predicted octanol–water partition coefficient (Wildman–Crippen LogP) is -7.44. The summed E-state index contributed by atoms with van der Waals surface area (Å²) in [5.41, 5.74) is 0. The monoisotopic (exact) mass is 520 g/mol. The Labute approximate surface area is 178 Å². The van der Waals surface area contributed by atoms with Crippen LogP contribution in [-0.2, 0) is 18.2 Å². The van der Waals surface area contributed by atoms with E-state index in [0.29, 0.717) is 0 Å². The van der Waals surface area contributed by atoms with Gasteiger partial charge in [0.05, 0.1) is 0 Å². The number of phosphoric acid groups is 2. The molecule has 2 aliphatic carbocycles. The Morgan fingerprint density at radius 1 is 0.375 bits per heavy atom. The van der Waals surface area contributed by atoms with E-state index >= 15 is 0 Å². The molecule has 0 aromatic carbocycles. The first kappa shape index (κ1) is 29.9. The topological polar surface area (TPSA) is 336 Å². The molecular weight excluding hydrogens is 494 g/mol. The number of phosphoric ester groups is 2. The summed E-state index contributed by atoms with van der Waals surface area (Å²) >= 11 is 0. The summed E-state index contributed by atoms with van der Waals surface area (Å²) in [6.45, 7) is 0. The molecule has 20 heteroatoms. The number of hydrogen-bond donors (Lipinski definition) is 14. The fourth-order valence-corrected chi connectivity index (χ4v) is 4.09. The van der Waals surface area contributed by atoms with Gasteiger partial charge in [-0.25, -0.2) is 9.13 Å². The van der Waals surface area contributed by atoms with E-state index in [1.54, 1.807) is 0 Å². The largest absolute Gasteiger partial charge is 0.470 e. The lowest BCUT2D eigenvalue weighted by molar-refractivity contribution is -0.219. The van der Waals surface area contributed by atoms with Crippen LogP contribution in [0.1, 0.15) is 0 Å². The standard InChI is InChI=1S/2C6H13O9P/c2*7-1-2(8)4(10)6(5(11)3(1)9)15-16(12,13)14/h2*1-11H,(H2,12,13,14)/t1-,2-,3+,4-,5-,6-;/m0./s1. The summed E-state index contributed by atoms with van der Waals surface area (Å²) in [5, 5.41) is 92.3. The Bertz CT molecular complexity index is 605. The van der Waals surface area contributed by atoms with Crippen molar-refractivity contribution in [1.82, 2.24) is 0 Å². The van der Waals surface area contributed by atoms with Crippen molar-refractivity contribution >= 4 is 15.6 Å². The van der Waals surface area contributed by atoms with Crippen LogP contribution in [0.5, 0.6) is 0 Å². The highest BCUT2D eigenvalue weighted by Crippen LogP contribution is 2.42. The molecule has 4 unspecified atom stereocenters. The lowest BCUT2D eigenvalue weighted by Crippen LogP contribution is -2.64. The second-order valence-electron chi connectivity index (χ2n) is 7.03. The highest BCUT2D eigenvalue weighted by Gasteiger charge is 2.52. The van der Waals surface area contributed by atoms with Gasteiger partial charge in [0.25, 0.3) is 0 Å². The number of aliphatic hydroxyl groups excluding tert-OH is 10. The van der Waals surface area contributed by atoms with Crippen molar-refractivity contribution < 1.29 is 88.8 Å². The van der Waals surface area contributed by atoms with E-state index in [4.69, 9.17) is 29.8 Å². The van der Waals surface area contributed by atoms with E-state index in [2.05, 4.69) is 9.05 Å². The Balaban J connectivity index is 0.000000320. The lowest BCUT2D eigenvalue weighted by atomic mass is 9.85. The van der Waals surface area contributed by atoms with Crippen LogP contribution < -0.4 is 0 Å². The van der Waals surface area contributed by atoms with Crippen LogP contribution >= 0.6 is 15.6 Å². The van der Waals surface area contributed by atoms with Gasteiger partial charge in [0, 0.05) is 0 Å². The molecule has 0 aromatic heterocycles. The normalized spacial score (nSPS) is 45.7. The zero-order valence-electron chi connectivity index (χ0n) is 15.7. The van der Waals surface area contributed by atoms with Crippen molar-refractivity contribution in [2.24, 2.45) is 0 Å². The van der Waals surface area contributed by atoms with Gasteiger partial charge in [-0.15, -0.1) is 0 Å². The molecule has 2 saturated carbocycles. The van der Waals surface area contributed by atoms with Crippen molar-refractivity contribution in [3.05, 3.63) is 0 Å². The van der Waals surface area contributed by atoms with Crippen LogP contribution in [0.2, 0.25) is 0 Å². The van der Waals surface area contributed by atoms with Gasteiger partial charge in [0.1, 0.15) is 73.2 Å². The fraction of sp³-hybridized carbons (Fsp3) is 1.00. The molecule has 0 aliphatic heterocycles. The first-order valence-electron chi connectivity index (χ1n) is 8.58. The minimum atomic E-state index is -5.01. The van der Waals surface area contributed by atoms with Crippen LogP contribution in [-0.4, -0.2) is 144 Å². The van der Waals surface area contributed by atoms with Crippen LogP contribution in [0.3, 0.4) is 0 Å². The number of hydrogen-bond acceptors (Lipinski definition) is 14. The number of rotatable bonds is 4. The average molecular weight is 520 g/mol. The Morgan fingerprint density at radius 3 is 0.688 bits per heavy atom. The summed E-state index contributed by atoms with van der Waals surface area (Å²) in [7, 11) is -10.0. The maximum absolute atomic E-state index is 10.5. The van der Waals surface area contributed by atoms with Crippen LogP contribution in [0.15, 0.2) is 0 Å². The van der Waals surface area contributed by atoms with Crippen molar-refractivity contribution in [2.45, 2.75) is 73.2 Å². The van der Waals surface area contributed by atoms with E-state index in [1.165, 1.54) is 0 Å². The molecule has 14 N–H and O–H groups in total. The van der Waals surface area contributed by atoms with Gasteiger partial charge < -0.3 is 70.6 Å². The molecule has 192 valence electrons. The van der Waals surface area contributed by atoms with Gasteiger partial charge in [0.15, 0.2) is 0 Å². The maximum Gasteiger partial charge on any atom is 0.470 e. The summed E-state index contributed by atoms with van der Waals surface area (Å²) in [5.74, 6) is 0. The summed E-state index contributed by atoms with van der Waals surface area (Å²) in [6.07, 6.45) is -22.7. The van der Waals surface area contributed by atoms with Gasteiger partial charge in [-0.1, -0.05) is 0 Å². The molecule has 0 aromatic rings. The van der Waals surface area contributed by atoms with Crippen molar-refractivity contribution in [2.75, 3.05) is 0 Å². The van der Waals surface area contributed by atoms with Gasteiger partial charge >= 0.3 is 15.6 Å². The minimum absolute atomic E-state index is 1.83. The smallest absolute Gasteiger partial charge is 0.387 e.